The molecule has 0 bridgehead atoms. The lowest BCUT2D eigenvalue weighted by atomic mass is 9.66. The average Bonchev–Trinajstić information content (AvgIpc) is 3.26. The van der Waals surface area contributed by atoms with E-state index in [2.05, 4.69) is 13.2 Å². The largest absolute Gasteiger partial charge is 0.507 e. The minimum absolute atomic E-state index is 0.0537. The molecule has 0 amide bonds. The molecular formula is C37H34O6. The number of benzene rings is 4. The maximum Gasteiger partial charge on any atom is 0.338 e. The van der Waals surface area contributed by atoms with Gasteiger partial charge in [-0.25, -0.2) is 9.59 Å². The second-order valence-electron chi connectivity index (χ2n) is 11.4. The second kappa shape index (κ2) is 10.6. The summed E-state index contributed by atoms with van der Waals surface area (Å²) in [4.78, 5) is 26.0. The molecule has 0 saturated heterocycles. The number of esters is 2. The van der Waals surface area contributed by atoms with E-state index >= 15 is 0 Å². The highest BCUT2D eigenvalue weighted by atomic mass is 16.6. The summed E-state index contributed by atoms with van der Waals surface area (Å²) in [6, 6.07) is 19.1. The number of phenolic OH excluding ortho intramolecular Hbond substituents is 2. The summed E-state index contributed by atoms with van der Waals surface area (Å²) in [6.45, 7) is 17.9. The predicted octanol–water partition coefficient (Wildman–Crippen LogP) is 7.66. The van der Waals surface area contributed by atoms with Crippen LogP contribution < -0.4 is 9.47 Å². The lowest BCUT2D eigenvalue weighted by Gasteiger charge is -2.36. The molecular weight excluding hydrogens is 540 g/mol. The molecule has 4 aromatic rings. The van der Waals surface area contributed by atoms with Crippen LogP contribution in [-0.2, 0) is 15.0 Å². The number of carbonyl (C=O) groups is 2. The van der Waals surface area contributed by atoms with Crippen molar-refractivity contribution in [3.8, 4) is 34.1 Å². The summed E-state index contributed by atoms with van der Waals surface area (Å²) >= 11 is 0. The second-order valence-corrected chi connectivity index (χ2v) is 11.4. The van der Waals surface area contributed by atoms with Crippen LogP contribution >= 0.6 is 0 Å². The van der Waals surface area contributed by atoms with E-state index in [4.69, 9.17) is 9.47 Å². The number of aromatic hydroxyl groups is 2. The Morgan fingerprint density at radius 1 is 0.674 bits per heavy atom. The van der Waals surface area contributed by atoms with Gasteiger partial charge in [-0.2, -0.15) is 0 Å². The van der Waals surface area contributed by atoms with Gasteiger partial charge >= 0.3 is 11.9 Å². The molecule has 2 N–H and O–H groups in total. The maximum absolute atomic E-state index is 13.2. The van der Waals surface area contributed by atoms with Crippen molar-refractivity contribution in [2.75, 3.05) is 0 Å². The van der Waals surface area contributed by atoms with E-state index in [1.807, 2.05) is 82.3 Å². The molecule has 0 atom stereocenters. The number of phenols is 2. The summed E-state index contributed by atoms with van der Waals surface area (Å²) in [6.07, 6.45) is 0. The molecule has 6 nitrogen and oxygen atoms in total. The van der Waals surface area contributed by atoms with Crippen LogP contribution in [0.25, 0.3) is 11.1 Å². The number of hydrogen-bond donors (Lipinski definition) is 2. The zero-order valence-corrected chi connectivity index (χ0v) is 25.2. The van der Waals surface area contributed by atoms with Crippen molar-refractivity contribution in [3.05, 3.63) is 129 Å². The third-order valence-electron chi connectivity index (χ3n) is 8.06. The minimum atomic E-state index is -1.12. The first-order chi connectivity index (χ1) is 20.3. The average molecular weight is 575 g/mol. The molecule has 0 spiro atoms. The van der Waals surface area contributed by atoms with Crippen molar-refractivity contribution < 1.29 is 29.3 Å². The van der Waals surface area contributed by atoms with Crippen LogP contribution in [0.1, 0.15) is 58.4 Å². The molecule has 1 aliphatic carbocycles. The Kier molecular flexibility index (Phi) is 7.26. The zero-order valence-electron chi connectivity index (χ0n) is 25.2. The molecule has 0 unspecified atom stereocenters. The van der Waals surface area contributed by atoms with Crippen LogP contribution in [0.2, 0.25) is 0 Å². The van der Waals surface area contributed by atoms with Gasteiger partial charge in [0.25, 0.3) is 0 Å². The molecule has 6 heteroatoms. The summed E-state index contributed by atoms with van der Waals surface area (Å²) in [7, 11) is 0. The molecule has 218 valence electrons. The molecule has 0 heterocycles. The minimum Gasteiger partial charge on any atom is -0.507 e. The Morgan fingerprint density at radius 2 is 1.14 bits per heavy atom. The van der Waals surface area contributed by atoms with Gasteiger partial charge in [0.1, 0.15) is 11.5 Å². The fourth-order valence-corrected chi connectivity index (χ4v) is 6.00. The van der Waals surface area contributed by atoms with Crippen molar-refractivity contribution in [3.63, 3.8) is 0 Å². The van der Waals surface area contributed by atoms with E-state index in [0.717, 1.165) is 27.8 Å². The van der Waals surface area contributed by atoms with Gasteiger partial charge in [-0.05, 0) is 97.7 Å². The highest BCUT2D eigenvalue weighted by Gasteiger charge is 2.50. The molecule has 1 aliphatic rings. The number of fused-ring (bicyclic) bond motifs is 3. The van der Waals surface area contributed by atoms with Gasteiger partial charge in [0.15, 0.2) is 11.5 Å². The summed E-state index contributed by atoms with van der Waals surface area (Å²) in [5.74, 6) is -0.854. The first-order valence-electron chi connectivity index (χ1n) is 13.9. The van der Waals surface area contributed by atoms with E-state index in [9.17, 15) is 19.8 Å². The Labute approximate surface area is 251 Å². The Morgan fingerprint density at radius 3 is 1.63 bits per heavy atom. The molecule has 0 saturated carbocycles. The number of aryl methyl sites for hydroxylation is 4. The van der Waals surface area contributed by atoms with Crippen molar-refractivity contribution in [1.29, 1.82) is 0 Å². The van der Waals surface area contributed by atoms with Gasteiger partial charge in [0, 0.05) is 16.7 Å². The number of ether oxygens (including phenoxy) is 2. The standard InChI is InChI=1S/C37H34O6/c1-19(2)35(40)42-30-14-13-28-27-11-9-10-12-29(27)37(25-15-21(5)32(38)22(6)16-25,26-17-23(7)33(39)24(8)18-26)31(28)34(30)43-36(41)20(3)4/h9-18,38-39H,1,3H2,2,4-8H3. The van der Waals surface area contributed by atoms with Gasteiger partial charge < -0.3 is 19.7 Å². The Hall–Kier alpha value is -5.10. The first kappa shape index (κ1) is 29.4. The molecule has 0 fully saturated rings. The van der Waals surface area contributed by atoms with Crippen molar-refractivity contribution in [1.82, 2.24) is 0 Å². The molecule has 5 rings (SSSR count). The normalized spacial score (nSPS) is 12.7. The fraction of sp³-hybridized carbons (Fsp3) is 0.189. The van der Waals surface area contributed by atoms with Crippen molar-refractivity contribution in [2.24, 2.45) is 0 Å². The van der Waals surface area contributed by atoms with Gasteiger partial charge in [0.05, 0.1) is 5.41 Å². The van der Waals surface area contributed by atoms with Crippen LogP contribution in [0.3, 0.4) is 0 Å². The SMILES string of the molecule is C=C(C)C(=O)Oc1ccc2c(c1OC(=O)C(=C)C)C(c1cc(C)c(O)c(C)c1)(c1cc(C)c(O)c(C)c1)c1ccccc1-2. The summed E-state index contributed by atoms with van der Waals surface area (Å²) < 4.78 is 11.9. The topological polar surface area (TPSA) is 93.1 Å². The van der Waals surface area contributed by atoms with E-state index < -0.39 is 17.4 Å². The Bertz CT molecular complexity index is 1770. The highest BCUT2D eigenvalue weighted by Crippen LogP contribution is 2.61. The monoisotopic (exact) mass is 574 g/mol. The van der Waals surface area contributed by atoms with Crippen LogP contribution in [0.4, 0.5) is 0 Å². The van der Waals surface area contributed by atoms with Gasteiger partial charge in [0.2, 0.25) is 0 Å². The van der Waals surface area contributed by atoms with Crippen LogP contribution in [0.15, 0.2) is 85.0 Å². The number of rotatable bonds is 6. The molecule has 0 aromatic heterocycles. The first-order valence-corrected chi connectivity index (χ1v) is 13.9. The third-order valence-corrected chi connectivity index (χ3v) is 8.06. The van der Waals surface area contributed by atoms with E-state index in [1.165, 1.54) is 0 Å². The van der Waals surface area contributed by atoms with E-state index in [0.29, 0.717) is 27.8 Å². The summed E-state index contributed by atoms with van der Waals surface area (Å²) in [5.41, 5.74) is 6.65. The van der Waals surface area contributed by atoms with Gasteiger partial charge in [-0.3, -0.25) is 0 Å². The maximum atomic E-state index is 13.2. The van der Waals surface area contributed by atoms with Gasteiger partial charge in [-0.15, -0.1) is 0 Å². The van der Waals surface area contributed by atoms with Crippen LogP contribution in [0.5, 0.6) is 23.0 Å². The smallest absolute Gasteiger partial charge is 0.338 e. The fourth-order valence-electron chi connectivity index (χ4n) is 6.00. The molecule has 0 aliphatic heterocycles. The summed E-state index contributed by atoms with van der Waals surface area (Å²) in [5, 5.41) is 21.6. The number of hydrogen-bond acceptors (Lipinski definition) is 6. The molecule has 0 radical (unpaired) electrons. The third kappa shape index (κ3) is 4.59. The van der Waals surface area contributed by atoms with Gasteiger partial charge in [-0.1, -0.05) is 67.8 Å². The van der Waals surface area contributed by atoms with Crippen LogP contribution in [-0.4, -0.2) is 22.2 Å². The quantitative estimate of drug-likeness (QED) is 0.123. The lowest BCUT2D eigenvalue weighted by molar-refractivity contribution is -0.132. The van der Waals surface area contributed by atoms with E-state index in [1.54, 1.807) is 19.9 Å². The van der Waals surface area contributed by atoms with E-state index in [-0.39, 0.29) is 34.1 Å². The Balaban J connectivity index is 2.03. The lowest BCUT2D eigenvalue weighted by Crippen LogP contribution is -2.30. The zero-order chi connectivity index (χ0) is 31.4. The van der Waals surface area contributed by atoms with Crippen molar-refractivity contribution in [2.45, 2.75) is 47.0 Å². The molecule has 43 heavy (non-hydrogen) atoms. The van der Waals surface area contributed by atoms with Crippen molar-refractivity contribution >= 4 is 11.9 Å². The highest BCUT2D eigenvalue weighted by molar-refractivity contribution is 5.95. The number of carbonyl (C=O) groups excluding carboxylic acids is 2. The molecule has 4 aromatic carbocycles. The van der Waals surface area contributed by atoms with Crippen LogP contribution in [0, 0.1) is 27.7 Å². The predicted molar refractivity (Wildman–Crippen MR) is 167 cm³/mol.